The van der Waals surface area contributed by atoms with Gasteiger partial charge in [-0.2, -0.15) is 0 Å². The molecular formula is C16H22BrFN2O2. The maximum absolute atomic E-state index is 13.7. The molecule has 0 radical (unpaired) electrons. The molecule has 0 aromatic heterocycles. The lowest BCUT2D eigenvalue weighted by Crippen LogP contribution is -2.37. The highest BCUT2D eigenvalue weighted by atomic mass is 79.9. The largest absolute Gasteiger partial charge is 0.383 e. The fourth-order valence-electron chi connectivity index (χ4n) is 1.76. The minimum Gasteiger partial charge on any atom is -0.383 e. The van der Waals surface area contributed by atoms with Crippen molar-refractivity contribution in [1.29, 1.82) is 0 Å². The summed E-state index contributed by atoms with van der Waals surface area (Å²) < 4.78 is 19.5. The van der Waals surface area contributed by atoms with Gasteiger partial charge in [0.2, 0.25) is 5.91 Å². The molecule has 0 aliphatic rings. The Morgan fingerprint density at radius 1 is 1.32 bits per heavy atom. The Labute approximate surface area is 139 Å². The topological polar surface area (TPSA) is 32.8 Å². The van der Waals surface area contributed by atoms with Crippen LogP contribution in [0, 0.1) is 5.82 Å². The third-order valence-electron chi connectivity index (χ3n) is 3.06. The summed E-state index contributed by atoms with van der Waals surface area (Å²) in [4.78, 5) is 16.0. The molecule has 0 saturated heterocycles. The Balaban J connectivity index is 2.75. The van der Waals surface area contributed by atoms with Crippen LogP contribution in [0.2, 0.25) is 0 Å². The standard InChI is InChI=1S/C16H22BrFN2O2/c1-19(2)8-9-20(10-11-22-3)16(21)7-4-13-12-14(17)5-6-15(13)18/h4-7,12H,8-11H2,1-3H3/b7-4+. The number of carbonyl (C=O) groups is 1. The van der Waals surface area contributed by atoms with Crippen LogP contribution in [0.25, 0.3) is 6.08 Å². The van der Waals surface area contributed by atoms with Gasteiger partial charge in [0.25, 0.3) is 0 Å². The van der Waals surface area contributed by atoms with E-state index in [1.54, 1.807) is 24.1 Å². The number of likely N-dealkylation sites (N-methyl/N-ethyl adjacent to an activating group) is 1. The van der Waals surface area contributed by atoms with E-state index < -0.39 is 0 Å². The SMILES string of the molecule is COCCN(CCN(C)C)C(=O)/C=C/c1cc(Br)ccc1F. The molecule has 0 heterocycles. The van der Waals surface area contributed by atoms with E-state index in [9.17, 15) is 9.18 Å². The minimum absolute atomic E-state index is 0.154. The molecule has 1 aromatic rings. The van der Waals surface area contributed by atoms with E-state index in [1.807, 2.05) is 19.0 Å². The maximum atomic E-state index is 13.7. The lowest BCUT2D eigenvalue weighted by Gasteiger charge is -2.22. The molecule has 4 nitrogen and oxygen atoms in total. The summed E-state index contributed by atoms with van der Waals surface area (Å²) in [7, 11) is 5.50. The van der Waals surface area contributed by atoms with Crippen molar-refractivity contribution in [2.75, 3.05) is 47.4 Å². The van der Waals surface area contributed by atoms with Gasteiger partial charge in [-0.05, 0) is 38.4 Å². The number of amides is 1. The van der Waals surface area contributed by atoms with Crippen molar-refractivity contribution in [3.63, 3.8) is 0 Å². The molecule has 6 heteroatoms. The second-order valence-corrected chi connectivity index (χ2v) is 6.04. The molecule has 0 N–H and O–H groups in total. The minimum atomic E-state index is -0.357. The fraction of sp³-hybridized carbons (Fsp3) is 0.438. The third-order valence-corrected chi connectivity index (χ3v) is 3.55. The van der Waals surface area contributed by atoms with Crippen molar-refractivity contribution < 1.29 is 13.9 Å². The second kappa shape index (κ2) is 9.71. The molecule has 0 bridgehead atoms. The summed E-state index contributed by atoms with van der Waals surface area (Å²) in [5.74, 6) is -0.512. The summed E-state index contributed by atoms with van der Waals surface area (Å²) in [6, 6.07) is 4.62. The molecule has 0 unspecified atom stereocenters. The second-order valence-electron chi connectivity index (χ2n) is 5.12. The van der Waals surface area contributed by atoms with Crippen molar-refractivity contribution in [3.8, 4) is 0 Å². The first kappa shape index (κ1) is 18.8. The summed E-state index contributed by atoms with van der Waals surface area (Å²) in [6.07, 6.45) is 2.90. The average molecular weight is 373 g/mol. The first-order valence-electron chi connectivity index (χ1n) is 6.99. The van der Waals surface area contributed by atoms with Gasteiger partial charge in [-0.3, -0.25) is 4.79 Å². The first-order chi connectivity index (χ1) is 10.4. The zero-order valence-corrected chi connectivity index (χ0v) is 14.8. The van der Waals surface area contributed by atoms with Crippen molar-refractivity contribution >= 4 is 27.9 Å². The quantitative estimate of drug-likeness (QED) is 0.657. The molecule has 0 atom stereocenters. The molecule has 0 fully saturated rings. The Morgan fingerprint density at radius 3 is 2.68 bits per heavy atom. The highest BCUT2D eigenvalue weighted by Gasteiger charge is 2.11. The van der Waals surface area contributed by atoms with E-state index in [0.717, 1.165) is 11.0 Å². The fourth-order valence-corrected chi connectivity index (χ4v) is 2.14. The molecule has 0 aliphatic heterocycles. The lowest BCUT2D eigenvalue weighted by atomic mass is 10.2. The van der Waals surface area contributed by atoms with Gasteiger partial charge in [-0.1, -0.05) is 15.9 Å². The number of rotatable bonds is 8. The summed E-state index contributed by atoms with van der Waals surface area (Å²) in [5.41, 5.74) is 0.377. The van der Waals surface area contributed by atoms with E-state index in [2.05, 4.69) is 15.9 Å². The zero-order valence-electron chi connectivity index (χ0n) is 13.2. The molecule has 22 heavy (non-hydrogen) atoms. The summed E-state index contributed by atoms with van der Waals surface area (Å²) >= 11 is 3.29. The lowest BCUT2D eigenvalue weighted by molar-refractivity contribution is -0.126. The van der Waals surface area contributed by atoms with Crippen LogP contribution < -0.4 is 0 Å². The van der Waals surface area contributed by atoms with Crippen molar-refractivity contribution in [2.45, 2.75) is 0 Å². The van der Waals surface area contributed by atoms with Crippen LogP contribution in [0.4, 0.5) is 4.39 Å². The highest BCUT2D eigenvalue weighted by Crippen LogP contribution is 2.16. The van der Waals surface area contributed by atoms with E-state index in [0.29, 0.717) is 25.3 Å². The Hall–Kier alpha value is -1.24. The predicted octanol–water partition coefficient (Wildman–Crippen LogP) is 2.64. The summed E-state index contributed by atoms with van der Waals surface area (Å²) in [5, 5.41) is 0. The van der Waals surface area contributed by atoms with Crippen LogP contribution >= 0.6 is 15.9 Å². The van der Waals surface area contributed by atoms with Crippen molar-refractivity contribution in [1.82, 2.24) is 9.80 Å². The molecule has 1 amide bonds. The summed E-state index contributed by atoms with van der Waals surface area (Å²) in [6.45, 7) is 2.34. The van der Waals surface area contributed by atoms with E-state index in [-0.39, 0.29) is 11.7 Å². The van der Waals surface area contributed by atoms with Crippen LogP contribution in [-0.4, -0.2) is 63.2 Å². The monoisotopic (exact) mass is 372 g/mol. The molecule has 0 aliphatic carbocycles. The normalized spacial score (nSPS) is 11.4. The number of hydrogen-bond donors (Lipinski definition) is 0. The van der Waals surface area contributed by atoms with Gasteiger partial charge in [-0.15, -0.1) is 0 Å². The molecular weight excluding hydrogens is 351 g/mol. The number of carbonyl (C=O) groups excluding carboxylic acids is 1. The Morgan fingerprint density at radius 2 is 2.05 bits per heavy atom. The predicted molar refractivity (Wildman–Crippen MR) is 90.1 cm³/mol. The molecule has 1 rings (SSSR count). The van der Waals surface area contributed by atoms with Gasteiger partial charge >= 0.3 is 0 Å². The zero-order chi connectivity index (χ0) is 16.5. The smallest absolute Gasteiger partial charge is 0.246 e. The van der Waals surface area contributed by atoms with Crippen LogP contribution in [0.1, 0.15) is 5.56 Å². The van der Waals surface area contributed by atoms with Crippen LogP contribution in [0.3, 0.4) is 0 Å². The third kappa shape index (κ3) is 6.68. The van der Waals surface area contributed by atoms with Crippen LogP contribution in [-0.2, 0) is 9.53 Å². The number of halogens is 2. The van der Waals surface area contributed by atoms with Gasteiger partial charge in [0.15, 0.2) is 0 Å². The van der Waals surface area contributed by atoms with Crippen LogP contribution in [0.5, 0.6) is 0 Å². The molecule has 1 aromatic carbocycles. The Kier molecular flexibility index (Phi) is 8.30. The van der Waals surface area contributed by atoms with Crippen molar-refractivity contribution in [3.05, 3.63) is 40.1 Å². The van der Waals surface area contributed by atoms with Gasteiger partial charge in [0, 0.05) is 42.9 Å². The molecule has 0 saturated carbocycles. The van der Waals surface area contributed by atoms with E-state index >= 15 is 0 Å². The average Bonchev–Trinajstić information content (AvgIpc) is 2.47. The molecule has 122 valence electrons. The maximum Gasteiger partial charge on any atom is 0.246 e. The van der Waals surface area contributed by atoms with Gasteiger partial charge in [0.05, 0.1) is 6.61 Å². The first-order valence-corrected chi connectivity index (χ1v) is 7.79. The van der Waals surface area contributed by atoms with Gasteiger partial charge in [-0.25, -0.2) is 4.39 Å². The highest BCUT2D eigenvalue weighted by molar-refractivity contribution is 9.10. The van der Waals surface area contributed by atoms with Crippen LogP contribution in [0.15, 0.2) is 28.7 Å². The van der Waals surface area contributed by atoms with E-state index in [1.165, 1.54) is 18.2 Å². The van der Waals surface area contributed by atoms with Crippen molar-refractivity contribution in [2.24, 2.45) is 0 Å². The number of methoxy groups -OCH3 is 1. The Bertz CT molecular complexity index is 521. The number of benzene rings is 1. The number of ether oxygens (including phenoxy) is 1. The number of hydrogen-bond acceptors (Lipinski definition) is 3. The van der Waals surface area contributed by atoms with Gasteiger partial charge < -0.3 is 14.5 Å². The molecule has 0 spiro atoms. The van der Waals surface area contributed by atoms with E-state index in [4.69, 9.17) is 4.74 Å². The number of nitrogens with zero attached hydrogens (tertiary/aromatic N) is 2. The van der Waals surface area contributed by atoms with Gasteiger partial charge in [0.1, 0.15) is 5.82 Å².